The molecule has 0 spiro atoms. The van der Waals surface area contributed by atoms with Gasteiger partial charge >= 0.3 is 0 Å². The zero-order valence-corrected chi connectivity index (χ0v) is 11.4. The maximum absolute atomic E-state index is 12.2. The lowest BCUT2D eigenvalue weighted by molar-refractivity contribution is -0.0978. The van der Waals surface area contributed by atoms with E-state index in [0.717, 1.165) is 11.1 Å². The number of ether oxygens (including phenoxy) is 1. The summed E-state index contributed by atoms with van der Waals surface area (Å²) >= 11 is 0. The lowest BCUT2D eigenvalue weighted by Gasteiger charge is -2.37. The van der Waals surface area contributed by atoms with E-state index in [1.54, 1.807) is 6.26 Å². The Labute approximate surface area is 117 Å². The van der Waals surface area contributed by atoms with E-state index in [-0.39, 0.29) is 11.3 Å². The molecule has 20 heavy (non-hydrogen) atoms. The Bertz CT molecular complexity index is 599. The zero-order valence-electron chi connectivity index (χ0n) is 11.4. The number of hydrogen-bond acceptors (Lipinski definition) is 3. The number of amides is 1. The summed E-state index contributed by atoms with van der Waals surface area (Å²) < 4.78 is 10.5. The van der Waals surface area contributed by atoms with Crippen LogP contribution in [0.1, 0.15) is 17.5 Å². The van der Waals surface area contributed by atoms with Gasteiger partial charge in [0.1, 0.15) is 0 Å². The summed E-state index contributed by atoms with van der Waals surface area (Å²) in [6.45, 7) is 4.08. The number of furan rings is 1. The lowest BCUT2D eigenvalue weighted by Crippen LogP contribution is -2.48. The Kier molecular flexibility index (Phi) is 3.32. The van der Waals surface area contributed by atoms with Crippen LogP contribution in [0.3, 0.4) is 0 Å². The van der Waals surface area contributed by atoms with Crippen molar-refractivity contribution in [3.05, 3.63) is 48.4 Å². The summed E-state index contributed by atoms with van der Waals surface area (Å²) in [6.07, 6.45) is 1.55. The molecule has 2 aromatic rings. The van der Waals surface area contributed by atoms with Gasteiger partial charge in [-0.3, -0.25) is 4.79 Å². The molecule has 0 unspecified atom stereocenters. The normalized spacial score (nSPS) is 16.4. The Morgan fingerprint density at radius 3 is 2.65 bits per heavy atom. The second kappa shape index (κ2) is 5.13. The molecule has 1 fully saturated rings. The molecule has 4 nitrogen and oxygen atoms in total. The fraction of sp³-hybridized carbons (Fsp3) is 0.312. The highest BCUT2D eigenvalue weighted by Gasteiger charge is 2.34. The van der Waals surface area contributed by atoms with Crippen molar-refractivity contribution < 1.29 is 13.9 Å². The third-order valence-corrected chi connectivity index (χ3v) is 3.53. The fourth-order valence-electron chi connectivity index (χ4n) is 2.26. The quantitative estimate of drug-likeness (QED) is 0.930. The SMILES string of the molecule is CC1(CNC(=O)c2occc2-c2ccccc2)COC1. The summed E-state index contributed by atoms with van der Waals surface area (Å²) in [7, 11) is 0. The van der Waals surface area contributed by atoms with Gasteiger partial charge in [0.15, 0.2) is 5.76 Å². The highest BCUT2D eigenvalue weighted by Crippen LogP contribution is 2.27. The van der Waals surface area contributed by atoms with E-state index in [1.807, 2.05) is 36.4 Å². The maximum atomic E-state index is 12.2. The summed E-state index contributed by atoms with van der Waals surface area (Å²) in [5.41, 5.74) is 1.84. The van der Waals surface area contributed by atoms with E-state index in [0.29, 0.717) is 25.5 Å². The smallest absolute Gasteiger partial charge is 0.287 e. The average molecular weight is 271 g/mol. The molecule has 0 bridgehead atoms. The van der Waals surface area contributed by atoms with Crippen molar-refractivity contribution in [2.75, 3.05) is 19.8 Å². The molecule has 1 N–H and O–H groups in total. The van der Waals surface area contributed by atoms with Crippen LogP contribution in [-0.2, 0) is 4.74 Å². The van der Waals surface area contributed by atoms with E-state index < -0.39 is 0 Å². The number of nitrogens with one attached hydrogen (secondary N) is 1. The third-order valence-electron chi connectivity index (χ3n) is 3.53. The van der Waals surface area contributed by atoms with Gasteiger partial charge in [-0.2, -0.15) is 0 Å². The van der Waals surface area contributed by atoms with E-state index in [4.69, 9.17) is 9.15 Å². The number of rotatable bonds is 4. The van der Waals surface area contributed by atoms with Crippen LogP contribution in [0.4, 0.5) is 0 Å². The van der Waals surface area contributed by atoms with Gasteiger partial charge in [-0.25, -0.2) is 0 Å². The van der Waals surface area contributed by atoms with Crippen molar-refractivity contribution >= 4 is 5.91 Å². The molecule has 4 heteroatoms. The minimum atomic E-state index is -0.179. The van der Waals surface area contributed by atoms with Crippen LogP contribution in [0, 0.1) is 5.41 Å². The van der Waals surface area contributed by atoms with Crippen molar-refractivity contribution in [2.45, 2.75) is 6.92 Å². The minimum absolute atomic E-state index is 0.0508. The number of hydrogen-bond donors (Lipinski definition) is 1. The third kappa shape index (κ3) is 2.47. The highest BCUT2D eigenvalue weighted by atomic mass is 16.5. The number of carbonyl (C=O) groups is 1. The largest absolute Gasteiger partial charge is 0.459 e. The summed E-state index contributed by atoms with van der Waals surface area (Å²) in [5.74, 6) is 0.182. The molecule has 1 aromatic heterocycles. The molecule has 3 rings (SSSR count). The van der Waals surface area contributed by atoms with Gasteiger partial charge in [-0.15, -0.1) is 0 Å². The van der Waals surface area contributed by atoms with Gasteiger partial charge < -0.3 is 14.5 Å². The predicted octanol–water partition coefficient (Wildman–Crippen LogP) is 2.71. The second-order valence-electron chi connectivity index (χ2n) is 5.52. The average Bonchev–Trinajstić information content (AvgIpc) is 2.93. The molecule has 0 saturated carbocycles. The first-order chi connectivity index (χ1) is 9.68. The molecule has 0 aliphatic carbocycles. The Balaban J connectivity index is 1.74. The molecule has 2 heterocycles. The summed E-state index contributed by atoms with van der Waals surface area (Å²) in [6, 6.07) is 11.6. The Morgan fingerprint density at radius 2 is 2.00 bits per heavy atom. The fourth-order valence-corrected chi connectivity index (χ4v) is 2.26. The van der Waals surface area contributed by atoms with Gasteiger partial charge in [-0.05, 0) is 11.6 Å². The van der Waals surface area contributed by atoms with Crippen LogP contribution >= 0.6 is 0 Å². The van der Waals surface area contributed by atoms with Crippen molar-refractivity contribution in [2.24, 2.45) is 5.41 Å². The molecule has 1 aliphatic rings. The van der Waals surface area contributed by atoms with Crippen LogP contribution in [0.25, 0.3) is 11.1 Å². The van der Waals surface area contributed by atoms with Crippen LogP contribution in [0.5, 0.6) is 0 Å². The first-order valence-electron chi connectivity index (χ1n) is 6.67. The second-order valence-corrected chi connectivity index (χ2v) is 5.52. The van der Waals surface area contributed by atoms with E-state index in [1.165, 1.54) is 0 Å². The van der Waals surface area contributed by atoms with Crippen LogP contribution < -0.4 is 5.32 Å². The van der Waals surface area contributed by atoms with Crippen LogP contribution in [0.15, 0.2) is 47.1 Å². The van der Waals surface area contributed by atoms with Crippen LogP contribution in [-0.4, -0.2) is 25.7 Å². The van der Waals surface area contributed by atoms with E-state index >= 15 is 0 Å². The predicted molar refractivity (Wildman–Crippen MR) is 75.4 cm³/mol. The summed E-state index contributed by atoms with van der Waals surface area (Å²) in [4.78, 5) is 12.2. The monoisotopic (exact) mass is 271 g/mol. The number of carbonyl (C=O) groups excluding carboxylic acids is 1. The molecular formula is C16H17NO3. The van der Waals surface area contributed by atoms with Gasteiger partial charge in [0.05, 0.1) is 19.5 Å². The molecule has 1 amide bonds. The van der Waals surface area contributed by atoms with Crippen molar-refractivity contribution in [3.63, 3.8) is 0 Å². The first kappa shape index (κ1) is 12.9. The standard InChI is InChI=1S/C16H17NO3/c1-16(10-19-11-16)9-17-15(18)14-13(7-8-20-14)12-5-3-2-4-6-12/h2-8H,9-11H2,1H3,(H,17,18). The van der Waals surface area contributed by atoms with Gasteiger partial charge in [0, 0.05) is 17.5 Å². The van der Waals surface area contributed by atoms with Crippen LogP contribution in [0.2, 0.25) is 0 Å². The van der Waals surface area contributed by atoms with Gasteiger partial charge in [0.25, 0.3) is 5.91 Å². The minimum Gasteiger partial charge on any atom is -0.459 e. The molecule has 1 saturated heterocycles. The van der Waals surface area contributed by atoms with E-state index in [2.05, 4.69) is 12.2 Å². The molecule has 1 aliphatic heterocycles. The van der Waals surface area contributed by atoms with Crippen molar-refractivity contribution in [1.29, 1.82) is 0 Å². The summed E-state index contributed by atoms with van der Waals surface area (Å²) in [5, 5.41) is 2.92. The molecule has 104 valence electrons. The Morgan fingerprint density at radius 1 is 1.25 bits per heavy atom. The molecule has 1 aromatic carbocycles. The Hall–Kier alpha value is -2.07. The molecule has 0 radical (unpaired) electrons. The van der Waals surface area contributed by atoms with Gasteiger partial charge in [-0.1, -0.05) is 37.3 Å². The highest BCUT2D eigenvalue weighted by molar-refractivity contribution is 5.98. The maximum Gasteiger partial charge on any atom is 0.287 e. The lowest BCUT2D eigenvalue weighted by atomic mass is 9.89. The first-order valence-corrected chi connectivity index (χ1v) is 6.67. The number of benzene rings is 1. The van der Waals surface area contributed by atoms with Crippen molar-refractivity contribution in [1.82, 2.24) is 5.32 Å². The molecular weight excluding hydrogens is 254 g/mol. The molecule has 0 atom stereocenters. The van der Waals surface area contributed by atoms with E-state index in [9.17, 15) is 4.79 Å². The zero-order chi connectivity index (χ0) is 14.0. The van der Waals surface area contributed by atoms with Crippen molar-refractivity contribution in [3.8, 4) is 11.1 Å². The van der Waals surface area contributed by atoms with Gasteiger partial charge in [0.2, 0.25) is 0 Å². The topological polar surface area (TPSA) is 51.5 Å².